The second-order valence-corrected chi connectivity index (χ2v) is 14.7. The van der Waals surface area contributed by atoms with Crippen LogP contribution in [0.15, 0.2) is 4.99 Å². The number of ketones is 1. The molecule has 3 aliphatic carbocycles. The predicted octanol–water partition coefficient (Wildman–Crippen LogP) is 2.32. The lowest BCUT2D eigenvalue weighted by Crippen LogP contribution is -2.57. The number of rotatable bonds is 10. The van der Waals surface area contributed by atoms with Crippen LogP contribution in [0.2, 0.25) is 0 Å². The number of piperidine rings is 1. The zero-order valence-corrected chi connectivity index (χ0v) is 26.2. The normalized spacial score (nSPS) is 27.3. The molecular formula is C31H50N6O5. The first kappa shape index (κ1) is 32.1. The molecule has 0 spiro atoms. The van der Waals surface area contributed by atoms with Gasteiger partial charge < -0.3 is 26.6 Å². The van der Waals surface area contributed by atoms with E-state index in [9.17, 15) is 24.0 Å². The maximum atomic E-state index is 14.2. The molecule has 11 heteroatoms. The molecule has 1 aliphatic heterocycles. The maximum absolute atomic E-state index is 14.2. The van der Waals surface area contributed by atoms with E-state index in [1.165, 1.54) is 4.90 Å². The Hall–Kier alpha value is -2.82. The first-order valence-electron chi connectivity index (χ1n) is 15.6. The molecule has 5 N–H and O–H groups in total. The average molecular weight is 587 g/mol. The second kappa shape index (κ2) is 12.1. The van der Waals surface area contributed by atoms with Crippen molar-refractivity contribution in [3.8, 4) is 0 Å². The minimum Gasteiger partial charge on any atom is -0.363 e. The number of likely N-dealkylation sites (N-methyl/N-ethyl adjacent to an activating group) is 1. The highest BCUT2D eigenvalue weighted by Gasteiger charge is 2.69. The fraction of sp³-hybridized carbons (Fsp3) is 0.806. The fourth-order valence-corrected chi connectivity index (χ4v) is 7.46. The lowest BCUT2D eigenvalue weighted by molar-refractivity contribution is -0.141. The Kier molecular flexibility index (Phi) is 9.21. The number of nitrogens with zero attached hydrogens (tertiary/aromatic N) is 2. The van der Waals surface area contributed by atoms with Crippen molar-refractivity contribution < 1.29 is 24.0 Å². The van der Waals surface area contributed by atoms with Crippen molar-refractivity contribution in [2.45, 2.75) is 110 Å². The van der Waals surface area contributed by atoms with E-state index in [4.69, 9.17) is 5.73 Å². The van der Waals surface area contributed by atoms with Crippen LogP contribution in [0.3, 0.4) is 0 Å². The number of nitrogens with one attached hydrogen (secondary N) is 3. The molecule has 0 aromatic heterocycles. The molecule has 2 unspecified atom stereocenters. The van der Waals surface area contributed by atoms with E-state index in [0.29, 0.717) is 19.5 Å². The standard InChI is InChI=1S/C31H50N6O5/c1-29(2,3)24(35-28(42)36-31(17-33-6)13-8-7-9-14-31)27(41)37-16-19-21(30(19,4)5)22(37)26(40)34-20(23(38)25(32)39)15-18-11-10-12-18/h18-22,33H,7-17H2,1-6H3,(H2,32,39)(H,34,40)(H,36,42)/t19?,20-,21?,22+/m1/s1. The second-order valence-electron chi connectivity index (χ2n) is 14.7. The number of hydrogen-bond acceptors (Lipinski definition) is 6. The minimum absolute atomic E-state index is 0.0894. The van der Waals surface area contributed by atoms with Gasteiger partial charge in [0.15, 0.2) is 0 Å². The summed E-state index contributed by atoms with van der Waals surface area (Å²) in [7, 11) is 1.86. The van der Waals surface area contributed by atoms with Crippen molar-refractivity contribution in [3.63, 3.8) is 0 Å². The van der Waals surface area contributed by atoms with Crippen LogP contribution < -0.4 is 21.7 Å². The average Bonchev–Trinajstić information content (AvgIpc) is 3.20. The van der Waals surface area contributed by atoms with Gasteiger partial charge in [-0.05, 0) is 49.5 Å². The van der Waals surface area contributed by atoms with Crippen molar-refractivity contribution in [2.24, 2.45) is 39.3 Å². The Morgan fingerprint density at radius 2 is 1.67 bits per heavy atom. The molecule has 4 rings (SSSR count). The Bertz CT molecular complexity index is 1130. The monoisotopic (exact) mass is 586 g/mol. The largest absolute Gasteiger partial charge is 0.363 e. The Morgan fingerprint density at radius 3 is 2.19 bits per heavy atom. The molecule has 0 radical (unpaired) electrons. The van der Waals surface area contributed by atoms with Crippen LogP contribution in [-0.4, -0.2) is 77.9 Å². The van der Waals surface area contributed by atoms with Crippen molar-refractivity contribution >= 4 is 35.2 Å². The van der Waals surface area contributed by atoms with Gasteiger partial charge in [-0.1, -0.05) is 73.1 Å². The lowest BCUT2D eigenvalue weighted by Gasteiger charge is -2.38. The van der Waals surface area contributed by atoms with Gasteiger partial charge in [0.25, 0.3) is 11.8 Å². The van der Waals surface area contributed by atoms with Gasteiger partial charge in [-0.25, -0.2) is 4.79 Å². The van der Waals surface area contributed by atoms with Crippen molar-refractivity contribution in [1.29, 1.82) is 0 Å². The Labute approximate surface area is 249 Å². The third kappa shape index (κ3) is 6.55. The van der Waals surface area contributed by atoms with Crippen LogP contribution in [0.25, 0.3) is 0 Å². The van der Waals surface area contributed by atoms with Gasteiger partial charge in [-0.15, -0.1) is 0 Å². The highest BCUT2D eigenvalue weighted by atomic mass is 16.2. The molecule has 234 valence electrons. The molecule has 4 aliphatic rings. The highest BCUT2D eigenvalue weighted by molar-refractivity contribution is 6.42. The van der Waals surface area contributed by atoms with Crippen LogP contribution in [0.4, 0.5) is 4.79 Å². The van der Waals surface area contributed by atoms with E-state index in [-0.39, 0.29) is 28.9 Å². The number of amides is 5. The van der Waals surface area contributed by atoms with Crippen molar-refractivity contribution in [3.05, 3.63) is 0 Å². The number of aliphatic imine (C=N–C) groups is 1. The Morgan fingerprint density at radius 1 is 1.02 bits per heavy atom. The van der Waals surface area contributed by atoms with Crippen LogP contribution >= 0.6 is 0 Å². The smallest absolute Gasteiger partial charge is 0.341 e. The molecule has 0 aromatic carbocycles. The molecule has 3 saturated carbocycles. The first-order valence-corrected chi connectivity index (χ1v) is 15.6. The summed E-state index contributed by atoms with van der Waals surface area (Å²) in [6, 6.07) is -2.41. The van der Waals surface area contributed by atoms with Crippen molar-refractivity contribution in [1.82, 2.24) is 20.9 Å². The molecule has 4 fully saturated rings. The topological polar surface area (TPSA) is 163 Å². The predicted molar refractivity (Wildman–Crippen MR) is 160 cm³/mol. The number of likely N-dealkylation sites (tertiary alicyclic amines) is 1. The molecule has 11 nitrogen and oxygen atoms in total. The van der Waals surface area contributed by atoms with Gasteiger partial charge >= 0.3 is 6.03 Å². The van der Waals surface area contributed by atoms with E-state index >= 15 is 0 Å². The van der Waals surface area contributed by atoms with Crippen LogP contribution in [-0.2, 0) is 19.2 Å². The van der Waals surface area contributed by atoms with E-state index in [1.54, 1.807) is 0 Å². The van der Waals surface area contributed by atoms with E-state index in [2.05, 4.69) is 34.8 Å². The summed E-state index contributed by atoms with van der Waals surface area (Å²) in [6.07, 6.45) is 8.12. The van der Waals surface area contributed by atoms with Crippen LogP contribution in [0, 0.1) is 28.6 Å². The molecule has 0 bridgehead atoms. The van der Waals surface area contributed by atoms with E-state index < -0.39 is 52.6 Å². The quantitative estimate of drug-likeness (QED) is 0.227. The van der Waals surface area contributed by atoms with Gasteiger partial charge in [0.05, 0.1) is 11.6 Å². The zero-order valence-electron chi connectivity index (χ0n) is 26.2. The molecule has 1 heterocycles. The molecule has 1 saturated heterocycles. The number of fused-ring (bicyclic) bond motifs is 1. The summed E-state index contributed by atoms with van der Waals surface area (Å²) in [5, 5.41) is 9.09. The van der Waals surface area contributed by atoms with E-state index in [0.717, 1.165) is 51.4 Å². The van der Waals surface area contributed by atoms with E-state index in [1.807, 2.05) is 27.8 Å². The van der Waals surface area contributed by atoms with Crippen molar-refractivity contribution in [2.75, 3.05) is 20.1 Å². The number of hydrogen-bond donors (Lipinski definition) is 4. The highest BCUT2D eigenvalue weighted by Crippen LogP contribution is 2.65. The Balaban J connectivity index is 1.58. The number of urea groups is 1. The summed E-state index contributed by atoms with van der Waals surface area (Å²) >= 11 is 0. The van der Waals surface area contributed by atoms with Gasteiger partial charge in [-0.2, -0.15) is 4.99 Å². The summed E-state index contributed by atoms with van der Waals surface area (Å²) in [5.74, 6) is -2.57. The third-order valence-corrected chi connectivity index (χ3v) is 10.2. The maximum Gasteiger partial charge on any atom is 0.341 e. The summed E-state index contributed by atoms with van der Waals surface area (Å²) < 4.78 is 0. The molecular weight excluding hydrogens is 536 g/mol. The van der Waals surface area contributed by atoms with Gasteiger partial charge in [0.2, 0.25) is 11.7 Å². The SMILES string of the molecule is CNCC1(NC(=O)N=C(C(=O)N2CC3C([C@H]2C(=O)N[C@H](CC2CCC2)C(=O)C(N)=O)C3(C)C)C(C)(C)C)CCCCC1. The molecule has 0 aromatic rings. The number of nitrogens with two attached hydrogens (primary N) is 1. The fourth-order valence-electron chi connectivity index (χ4n) is 7.46. The van der Waals surface area contributed by atoms with Gasteiger partial charge in [0, 0.05) is 18.5 Å². The third-order valence-electron chi connectivity index (χ3n) is 10.2. The van der Waals surface area contributed by atoms with Crippen LogP contribution in [0.1, 0.15) is 92.4 Å². The van der Waals surface area contributed by atoms with Crippen LogP contribution in [0.5, 0.6) is 0 Å². The zero-order chi connectivity index (χ0) is 31.0. The summed E-state index contributed by atoms with van der Waals surface area (Å²) in [4.78, 5) is 71.7. The van der Waals surface area contributed by atoms with Gasteiger partial charge in [-0.3, -0.25) is 19.2 Å². The number of Topliss-reactive ketones (excluding diaryl/α,β-unsaturated/α-hetero) is 1. The first-order chi connectivity index (χ1) is 19.6. The number of carbonyl (C=O) groups excluding carboxylic acids is 5. The molecule has 4 atom stereocenters. The number of primary amides is 1. The lowest BCUT2D eigenvalue weighted by atomic mass is 9.80. The molecule has 42 heavy (non-hydrogen) atoms. The number of carbonyl (C=O) groups is 5. The summed E-state index contributed by atoms with van der Waals surface area (Å²) in [6.45, 7) is 10.6. The van der Waals surface area contributed by atoms with Gasteiger partial charge in [0.1, 0.15) is 11.8 Å². The molecule has 5 amide bonds. The summed E-state index contributed by atoms with van der Waals surface area (Å²) in [5.41, 5.74) is 4.07. The minimum atomic E-state index is -1.08.